The molecule has 5 heteroatoms. The highest BCUT2D eigenvalue weighted by atomic mass is 32.2. The number of nitrogens with zero attached hydrogens (tertiary/aromatic N) is 2. The Balaban J connectivity index is 2.26. The van der Waals surface area contributed by atoms with Crippen LogP contribution in [0.4, 0.5) is 0 Å². The molecule has 0 amide bonds. The van der Waals surface area contributed by atoms with Crippen LogP contribution >= 0.6 is 0 Å². The number of hydrogen-bond donors (Lipinski definition) is 0. The summed E-state index contributed by atoms with van der Waals surface area (Å²) in [6, 6.07) is 2.36. The molecule has 0 spiro atoms. The second-order valence-electron chi connectivity index (χ2n) is 5.00. The van der Waals surface area contributed by atoms with Crippen molar-refractivity contribution in [3.8, 4) is 6.07 Å². The molecule has 4 nitrogen and oxygen atoms in total. The zero-order valence-corrected chi connectivity index (χ0v) is 10.9. The predicted molar refractivity (Wildman–Crippen MR) is 63.7 cm³/mol. The molecule has 0 saturated carbocycles. The van der Waals surface area contributed by atoms with E-state index in [-0.39, 0.29) is 11.2 Å². The highest BCUT2D eigenvalue weighted by Gasteiger charge is 2.29. The van der Waals surface area contributed by atoms with E-state index in [2.05, 4.69) is 11.0 Å². The molecule has 0 N–H and O–H groups in total. The van der Waals surface area contributed by atoms with Crippen LogP contribution < -0.4 is 0 Å². The first-order valence-electron chi connectivity index (χ1n) is 5.66. The maximum atomic E-state index is 11.0. The first-order chi connectivity index (χ1) is 7.35. The molecule has 0 aliphatic carbocycles. The van der Waals surface area contributed by atoms with E-state index in [1.807, 2.05) is 6.92 Å². The summed E-state index contributed by atoms with van der Waals surface area (Å²) in [7, 11) is -2.83. The van der Waals surface area contributed by atoms with Crippen molar-refractivity contribution in [2.75, 3.05) is 31.6 Å². The van der Waals surface area contributed by atoms with Crippen molar-refractivity contribution in [3.63, 3.8) is 0 Å². The average Bonchev–Trinajstić information content (AvgIpc) is 2.20. The predicted octanol–water partition coefficient (Wildman–Crippen LogP) is 1.05. The van der Waals surface area contributed by atoms with Gasteiger partial charge in [-0.3, -0.25) is 0 Å². The van der Waals surface area contributed by atoms with E-state index in [1.54, 1.807) is 0 Å². The molecule has 16 heavy (non-hydrogen) atoms. The molecule has 0 unspecified atom stereocenters. The molecule has 1 aliphatic heterocycles. The summed E-state index contributed by atoms with van der Waals surface area (Å²) in [6.45, 7) is 4.65. The maximum Gasteiger partial charge on any atom is 0.147 e. The molecule has 1 aliphatic rings. The Morgan fingerprint density at radius 1 is 1.38 bits per heavy atom. The van der Waals surface area contributed by atoms with Gasteiger partial charge in [-0.25, -0.2) is 8.42 Å². The third-order valence-corrected chi connectivity index (χ3v) is 4.25. The van der Waals surface area contributed by atoms with Crippen LogP contribution in [0, 0.1) is 16.7 Å². The molecule has 92 valence electrons. The van der Waals surface area contributed by atoms with Gasteiger partial charge in [0.2, 0.25) is 0 Å². The molecular weight excluding hydrogens is 224 g/mol. The van der Waals surface area contributed by atoms with Gasteiger partial charge in [-0.1, -0.05) is 0 Å². The number of hydrogen-bond acceptors (Lipinski definition) is 4. The van der Waals surface area contributed by atoms with Gasteiger partial charge in [-0.05, 0) is 45.8 Å². The minimum atomic E-state index is -2.83. The molecule has 1 fully saturated rings. The fraction of sp³-hybridized carbons (Fsp3) is 0.909. The lowest BCUT2D eigenvalue weighted by molar-refractivity contribution is 0.157. The van der Waals surface area contributed by atoms with Crippen molar-refractivity contribution in [2.24, 2.45) is 5.41 Å². The number of piperidine rings is 1. The molecule has 1 rings (SSSR count). The third kappa shape index (κ3) is 4.50. The Bertz CT molecular complexity index is 362. The second-order valence-corrected chi connectivity index (χ2v) is 7.26. The summed E-state index contributed by atoms with van der Waals surface area (Å²) >= 11 is 0. The summed E-state index contributed by atoms with van der Waals surface area (Å²) in [5, 5.41) is 8.97. The minimum Gasteiger partial charge on any atom is -0.303 e. The molecule has 0 bridgehead atoms. The maximum absolute atomic E-state index is 11.0. The fourth-order valence-electron chi connectivity index (χ4n) is 1.93. The molecule has 0 aromatic rings. The zero-order valence-electron chi connectivity index (χ0n) is 10.1. The zero-order chi connectivity index (χ0) is 12.2. The first kappa shape index (κ1) is 13.5. The molecule has 1 saturated heterocycles. The van der Waals surface area contributed by atoms with Crippen LogP contribution in [-0.4, -0.2) is 45.0 Å². The molecule has 0 radical (unpaired) electrons. The summed E-state index contributed by atoms with van der Waals surface area (Å²) in [4.78, 5) is 2.25. The number of rotatable bonds is 4. The van der Waals surface area contributed by atoms with Crippen LogP contribution in [0.2, 0.25) is 0 Å². The van der Waals surface area contributed by atoms with Crippen molar-refractivity contribution in [1.82, 2.24) is 4.90 Å². The van der Waals surface area contributed by atoms with E-state index in [0.717, 1.165) is 32.5 Å². The van der Waals surface area contributed by atoms with Crippen LogP contribution in [0.1, 0.15) is 26.2 Å². The van der Waals surface area contributed by atoms with Crippen LogP contribution in [0.3, 0.4) is 0 Å². The smallest absolute Gasteiger partial charge is 0.147 e. The normalized spacial score (nSPS) is 21.6. The van der Waals surface area contributed by atoms with Gasteiger partial charge in [0.15, 0.2) is 0 Å². The molecule has 0 aromatic heterocycles. The number of likely N-dealkylation sites (tertiary alicyclic amines) is 1. The van der Waals surface area contributed by atoms with Crippen LogP contribution in [0.15, 0.2) is 0 Å². The lowest BCUT2D eigenvalue weighted by Gasteiger charge is -2.34. The monoisotopic (exact) mass is 244 g/mol. The number of nitriles is 1. The van der Waals surface area contributed by atoms with E-state index < -0.39 is 9.84 Å². The topological polar surface area (TPSA) is 61.2 Å². The van der Waals surface area contributed by atoms with Gasteiger partial charge in [0.05, 0.1) is 17.2 Å². The quantitative estimate of drug-likeness (QED) is 0.741. The van der Waals surface area contributed by atoms with Crippen molar-refractivity contribution in [2.45, 2.75) is 26.2 Å². The van der Waals surface area contributed by atoms with Crippen LogP contribution in [0.5, 0.6) is 0 Å². The molecule has 1 heterocycles. The summed E-state index contributed by atoms with van der Waals surface area (Å²) < 4.78 is 21.9. The third-order valence-electron chi connectivity index (χ3n) is 3.22. The van der Waals surface area contributed by atoms with Gasteiger partial charge in [0.25, 0.3) is 0 Å². The van der Waals surface area contributed by atoms with E-state index in [9.17, 15) is 8.42 Å². The average molecular weight is 244 g/mol. The lowest BCUT2D eigenvalue weighted by atomic mass is 9.82. The van der Waals surface area contributed by atoms with Gasteiger partial charge in [0.1, 0.15) is 9.84 Å². The highest BCUT2D eigenvalue weighted by molar-refractivity contribution is 7.90. The molecular formula is C11H20N2O2S. The van der Waals surface area contributed by atoms with Crippen molar-refractivity contribution >= 4 is 9.84 Å². The van der Waals surface area contributed by atoms with Crippen molar-refractivity contribution in [1.29, 1.82) is 5.26 Å². The summed E-state index contributed by atoms with van der Waals surface area (Å²) in [5.41, 5.74) is -0.173. The van der Waals surface area contributed by atoms with E-state index in [0.29, 0.717) is 6.42 Å². The van der Waals surface area contributed by atoms with Crippen molar-refractivity contribution < 1.29 is 8.42 Å². The van der Waals surface area contributed by atoms with Crippen molar-refractivity contribution in [3.05, 3.63) is 0 Å². The SMILES string of the molecule is CC1(C#N)CCN(CCCS(C)(=O)=O)CC1. The largest absolute Gasteiger partial charge is 0.303 e. The Labute approximate surface area is 98.2 Å². The van der Waals surface area contributed by atoms with Crippen LogP contribution in [-0.2, 0) is 9.84 Å². The first-order valence-corrected chi connectivity index (χ1v) is 7.72. The van der Waals surface area contributed by atoms with E-state index in [1.165, 1.54) is 6.26 Å². The fourth-order valence-corrected chi connectivity index (χ4v) is 2.59. The van der Waals surface area contributed by atoms with Gasteiger partial charge >= 0.3 is 0 Å². The van der Waals surface area contributed by atoms with Crippen LogP contribution in [0.25, 0.3) is 0 Å². The van der Waals surface area contributed by atoms with E-state index >= 15 is 0 Å². The Hall–Kier alpha value is -0.600. The Kier molecular flexibility index (Phi) is 4.34. The number of sulfone groups is 1. The van der Waals surface area contributed by atoms with Gasteiger partial charge in [-0.15, -0.1) is 0 Å². The standard InChI is InChI=1S/C11H20N2O2S/c1-11(10-12)4-7-13(8-5-11)6-3-9-16(2,14)15/h3-9H2,1-2H3. The highest BCUT2D eigenvalue weighted by Crippen LogP contribution is 2.29. The lowest BCUT2D eigenvalue weighted by Crippen LogP contribution is -2.38. The summed E-state index contributed by atoms with van der Waals surface area (Å²) in [6.07, 6.45) is 3.75. The van der Waals surface area contributed by atoms with Gasteiger partial charge < -0.3 is 4.90 Å². The Morgan fingerprint density at radius 2 is 1.94 bits per heavy atom. The van der Waals surface area contributed by atoms with Gasteiger partial charge in [-0.2, -0.15) is 5.26 Å². The summed E-state index contributed by atoms with van der Waals surface area (Å²) in [5.74, 6) is 0.263. The second kappa shape index (κ2) is 5.15. The van der Waals surface area contributed by atoms with E-state index in [4.69, 9.17) is 5.26 Å². The minimum absolute atomic E-state index is 0.173. The Morgan fingerprint density at radius 3 is 2.38 bits per heavy atom. The molecule has 0 aromatic carbocycles. The molecule has 0 atom stereocenters. The van der Waals surface area contributed by atoms with Gasteiger partial charge in [0, 0.05) is 6.26 Å².